The van der Waals surface area contributed by atoms with Gasteiger partial charge in [-0.15, -0.1) is 0 Å². The zero-order valence-corrected chi connectivity index (χ0v) is 25.1. The molecule has 250 valence electrons. The van der Waals surface area contributed by atoms with E-state index in [4.69, 9.17) is 14.2 Å². The molecule has 0 radical (unpaired) electrons. The van der Waals surface area contributed by atoms with Gasteiger partial charge in [0.1, 0.15) is 41.1 Å². The number of unbranched alkanes of at least 4 members (excludes halogenated alkanes) is 2. The van der Waals surface area contributed by atoms with Gasteiger partial charge in [-0.05, 0) is 23.6 Å². The first-order valence-corrected chi connectivity index (χ1v) is 14.9. The monoisotopic (exact) mass is 666 g/mol. The highest BCUT2D eigenvalue weighted by molar-refractivity contribution is 5.64. The van der Waals surface area contributed by atoms with Crippen molar-refractivity contribution in [2.45, 2.75) is 51.6 Å². The van der Waals surface area contributed by atoms with Crippen LogP contribution < -0.4 is 9.47 Å². The summed E-state index contributed by atoms with van der Waals surface area (Å²) >= 11 is 0. The Morgan fingerprint density at radius 1 is 0.702 bits per heavy atom. The van der Waals surface area contributed by atoms with Crippen molar-refractivity contribution in [2.75, 3.05) is 13.2 Å². The van der Waals surface area contributed by atoms with Gasteiger partial charge in [-0.2, -0.15) is 8.78 Å². The average molecular weight is 667 g/mol. The molecule has 4 aromatic carbocycles. The molecule has 0 aliphatic carbocycles. The summed E-state index contributed by atoms with van der Waals surface area (Å²) in [5.74, 6) is -11.3. The van der Waals surface area contributed by atoms with E-state index in [0.29, 0.717) is 42.4 Å². The van der Waals surface area contributed by atoms with Gasteiger partial charge in [0.2, 0.25) is 0 Å². The van der Waals surface area contributed by atoms with E-state index in [2.05, 4.69) is 11.7 Å². The van der Waals surface area contributed by atoms with Crippen molar-refractivity contribution < 1.29 is 54.1 Å². The summed E-state index contributed by atoms with van der Waals surface area (Å²) in [7, 11) is 0. The highest BCUT2D eigenvalue weighted by Crippen LogP contribution is 2.38. The third-order valence-electron chi connectivity index (χ3n) is 7.66. The van der Waals surface area contributed by atoms with Gasteiger partial charge in [0.25, 0.3) is 0 Å². The van der Waals surface area contributed by atoms with Gasteiger partial charge in [-0.3, -0.25) is 0 Å². The van der Waals surface area contributed by atoms with Crippen LogP contribution in [0.1, 0.15) is 55.6 Å². The summed E-state index contributed by atoms with van der Waals surface area (Å²) in [6, 6.07) is 12.6. The van der Waals surface area contributed by atoms with E-state index in [-0.39, 0.29) is 17.7 Å². The molecule has 1 aliphatic heterocycles. The molecule has 1 saturated heterocycles. The Balaban J connectivity index is 1.20. The normalized spacial score (nSPS) is 16.7. The lowest BCUT2D eigenvalue weighted by molar-refractivity contribution is -0.206. The first kappa shape index (κ1) is 34.2. The number of hydrogen-bond donors (Lipinski definition) is 0. The summed E-state index contributed by atoms with van der Waals surface area (Å²) in [6.45, 7) is 2.90. The minimum Gasteiger partial charge on any atom is -0.489 e. The Kier molecular flexibility index (Phi) is 10.7. The largest absolute Gasteiger partial charge is 0.489 e. The number of rotatable bonds is 12. The van der Waals surface area contributed by atoms with Gasteiger partial charge in [0.05, 0.1) is 13.2 Å². The molecule has 47 heavy (non-hydrogen) atoms. The van der Waals surface area contributed by atoms with Crippen LogP contribution in [0, 0.1) is 40.8 Å². The molecular formula is C35H30F8O4. The van der Waals surface area contributed by atoms with Gasteiger partial charge >= 0.3 is 6.11 Å². The lowest BCUT2D eigenvalue weighted by Gasteiger charge is -2.29. The molecule has 0 aromatic heterocycles. The van der Waals surface area contributed by atoms with E-state index in [1.807, 2.05) is 12.1 Å². The van der Waals surface area contributed by atoms with Crippen molar-refractivity contribution in [1.82, 2.24) is 0 Å². The molecule has 4 aromatic rings. The van der Waals surface area contributed by atoms with E-state index in [9.17, 15) is 35.1 Å². The molecule has 1 aliphatic rings. The van der Waals surface area contributed by atoms with Gasteiger partial charge in [0, 0.05) is 41.3 Å². The summed E-state index contributed by atoms with van der Waals surface area (Å²) in [6.07, 6.45) is -0.681. The van der Waals surface area contributed by atoms with Crippen LogP contribution in [0.5, 0.6) is 11.5 Å². The number of alkyl halides is 2. The van der Waals surface area contributed by atoms with Crippen LogP contribution >= 0.6 is 0 Å². The highest BCUT2D eigenvalue weighted by atomic mass is 19.3. The third kappa shape index (κ3) is 8.23. The van der Waals surface area contributed by atoms with E-state index < -0.39 is 71.0 Å². The molecule has 1 heterocycles. The van der Waals surface area contributed by atoms with Crippen LogP contribution in [0.2, 0.25) is 0 Å². The third-order valence-corrected chi connectivity index (χ3v) is 7.66. The predicted octanol–water partition coefficient (Wildman–Crippen LogP) is 10.1. The Hall–Kier alpha value is -4.16. The molecule has 0 atom stereocenters. The van der Waals surface area contributed by atoms with Crippen LogP contribution in [-0.2, 0) is 22.2 Å². The number of ether oxygens (including phenoxy) is 4. The van der Waals surface area contributed by atoms with Crippen LogP contribution in [0.3, 0.4) is 0 Å². The van der Waals surface area contributed by atoms with Crippen molar-refractivity contribution >= 4 is 0 Å². The maximum absolute atomic E-state index is 15.0. The first-order chi connectivity index (χ1) is 22.4. The molecule has 0 unspecified atom stereocenters. The number of halogens is 8. The number of benzene rings is 4. The van der Waals surface area contributed by atoms with Gasteiger partial charge in [0.15, 0.2) is 23.7 Å². The highest BCUT2D eigenvalue weighted by Gasteiger charge is 2.41. The molecule has 1 fully saturated rings. The maximum Gasteiger partial charge on any atom is 0.432 e. The molecule has 0 amide bonds. The molecule has 0 spiro atoms. The summed E-state index contributed by atoms with van der Waals surface area (Å²) in [5, 5.41) is 0. The molecule has 4 nitrogen and oxygen atoms in total. The van der Waals surface area contributed by atoms with Crippen molar-refractivity contribution in [1.29, 1.82) is 0 Å². The molecule has 0 saturated carbocycles. The Morgan fingerprint density at radius 2 is 1.30 bits per heavy atom. The average Bonchev–Trinajstić information content (AvgIpc) is 3.03. The second kappa shape index (κ2) is 14.7. The SMILES string of the molecule is CCCCCC1COC(c2ccc(-c3ccc(COc4cc(F)c(C(F)(F)Oc5cc(F)c(F)c(F)c5)c(F)c4)c(F)c3)cc2)OC1. The van der Waals surface area contributed by atoms with Crippen LogP contribution in [0.15, 0.2) is 66.7 Å². The second-order valence-electron chi connectivity index (χ2n) is 11.2. The minimum absolute atomic E-state index is 0.0155. The summed E-state index contributed by atoms with van der Waals surface area (Å²) < 4.78 is 134. The molecule has 5 rings (SSSR count). The quantitative estimate of drug-likeness (QED) is 0.0857. The first-order valence-electron chi connectivity index (χ1n) is 14.9. The predicted molar refractivity (Wildman–Crippen MR) is 156 cm³/mol. The zero-order valence-electron chi connectivity index (χ0n) is 25.1. The Labute approximate surface area is 265 Å². The zero-order chi connectivity index (χ0) is 33.7. The fourth-order valence-electron chi connectivity index (χ4n) is 5.12. The summed E-state index contributed by atoms with van der Waals surface area (Å²) in [5.41, 5.74) is 0.220. The molecular weight excluding hydrogens is 636 g/mol. The van der Waals surface area contributed by atoms with Gasteiger partial charge in [-0.25, -0.2) is 26.3 Å². The van der Waals surface area contributed by atoms with Crippen molar-refractivity contribution in [3.8, 4) is 22.6 Å². The topological polar surface area (TPSA) is 36.9 Å². The smallest absolute Gasteiger partial charge is 0.432 e. The van der Waals surface area contributed by atoms with E-state index in [0.717, 1.165) is 24.8 Å². The second-order valence-corrected chi connectivity index (χ2v) is 11.2. The fraction of sp³-hybridized carbons (Fsp3) is 0.314. The lowest BCUT2D eigenvalue weighted by Crippen LogP contribution is -2.27. The minimum atomic E-state index is -4.75. The van der Waals surface area contributed by atoms with E-state index in [1.165, 1.54) is 18.6 Å². The molecule has 12 heteroatoms. The maximum atomic E-state index is 15.0. The Morgan fingerprint density at radius 3 is 1.89 bits per heavy atom. The Bertz CT molecular complexity index is 1640. The van der Waals surface area contributed by atoms with Crippen molar-refractivity contribution in [2.24, 2.45) is 5.92 Å². The van der Waals surface area contributed by atoms with Crippen LogP contribution in [0.4, 0.5) is 35.1 Å². The van der Waals surface area contributed by atoms with Crippen molar-refractivity contribution in [3.05, 3.63) is 118 Å². The van der Waals surface area contributed by atoms with E-state index in [1.54, 1.807) is 18.2 Å². The summed E-state index contributed by atoms with van der Waals surface area (Å²) in [4.78, 5) is 0. The lowest BCUT2D eigenvalue weighted by atomic mass is 10.0. The van der Waals surface area contributed by atoms with E-state index >= 15 is 0 Å². The standard InChI is InChI=1S/C35H30F8O4/c1-2-3-4-5-20-17-45-34(46-18-20)22-8-6-21(7-9-22)23-10-11-24(27(36)12-23)19-44-25-13-28(37)32(29(38)14-25)35(42,43)47-26-15-30(39)33(41)31(40)16-26/h6-16,20,34H,2-5,17-19H2,1H3. The molecule has 0 bridgehead atoms. The van der Waals surface area contributed by atoms with Gasteiger partial charge < -0.3 is 18.9 Å². The van der Waals surface area contributed by atoms with Crippen LogP contribution in [-0.4, -0.2) is 13.2 Å². The van der Waals surface area contributed by atoms with Crippen molar-refractivity contribution in [3.63, 3.8) is 0 Å². The number of hydrogen-bond acceptors (Lipinski definition) is 4. The van der Waals surface area contributed by atoms with Crippen LogP contribution in [0.25, 0.3) is 11.1 Å². The molecule has 0 N–H and O–H groups in total. The van der Waals surface area contributed by atoms with Gasteiger partial charge in [-0.1, -0.05) is 62.6 Å². The fourth-order valence-corrected chi connectivity index (χ4v) is 5.12.